The predicted octanol–water partition coefficient (Wildman–Crippen LogP) is 1.20. The van der Waals surface area contributed by atoms with E-state index in [-0.39, 0.29) is 0 Å². The van der Waals surface area contributed by atoms with E-state index in [1.807, 2.05) is 19.1 Å². The number of nitrogens with zero attached hydrogens (tertiary/aromatic N) is 3. The number of nitrogens with two attached hydrogens (primary N) is 1. The Labute approximate surface area is 104 Å². The van der Waals surface area contributed by atoms with Crippen molar-refractivity contribution in [1.29, 1.82) is 0 Å². The van der Waals surface area contributed by atoms with E-state index in [2.05, 4.69) is 15.2 Å². The zero-order chi connectivity index (χ0) is 12.5. The SMILES string of the molecule is Cc1cc2c(cc1-c1nncnc1N)OCCO2. The largest absolute Gasteiger partial charge is 0.486 e. The van der Waals surface area contributed by atoms with Gasteiger partial charge in [0.2, 0.25) is 0 Å². The number of fused-ring (bicyclic) bond motifs is 1. The monoisotopic (exact) mass is 244 g/mol. The molecule has 2 heterocycles. The number of hydrogen-bond acceptors (Lipinski definition) is 6. The molecule has 6 nitrogen and oxygen atoms in total. The van der Waals surface area contributed by atoms with Crippen LogP contribution in [0.25, 0.3) is 11.3 Å². The Kier molecular flexibility index (Phi) is 2.47. The third-order valence-electron chi connectivity index (χ3n) is 2.79. The fourth-order valence-electron chi connectivity index (χ4n) is 1.92. The minimum absolute atomic E-state index is 0.352. The highest BCUT2D eigenvalue weighted by molar-refractivity contribution is 5.74. The quantitative estimate of drug-likeness (QED) is 0.811. The van der Waals surface area contributed by atoms with Gasteiger partial charge in [-0.25, -0.2) is 4.98 Å². The summed E-state index contributed by atoms with van der Waals surface area (Å²) in [5.41, 5.74) is 8.23. The number of benzene rings is 1. The van der Waals surface area contributed by atoms with Crippen molar-refractivity contribution in [1.82, 2.24) is 15.2 Å². The summed E-state index contributed by atoms with van der Waals surface area (Å²) in [6.07, 6.45) is 1.33. The molecule has 0 radical (unpaired) electrons. The second-order valence-corrected chi connectivity index (χ2v) is 4.00. The first-order valence-corrected chi connectivity index (χ1v) is 5.59. The van der Waals surface area contributed by atoms with Crippen LogP contribution in [0, 0.1) is 6.92 Å². The molecule has 0 unspecified atom stereocenters. The number of nitrogen functional groups attached to an aromatic ring is 1. The first-order chi connectivity index (χ1) is 8.75. The number of aryl methyl sites for hydroxylation is 1. The summed E-state index contributed by atoms with van der Waals surface area (Å²) in [5, 5.41) is 7.79. The molecule has 3 rings (SSSR count). The Morgan fingerprint density at radius 1 is 1.17 bits per heavy atom. The molecule has 0 amide bonds. The number of anilines is 1. The molecule has 18 heavy (non-hydrogen) atoms. The first-order valence-electron chi connectivity index (χ1n) is 5.59. The second kappa shape index (κ2) is 4.14. The average molecular weight is 244 g/mol. The molecule has 1 aliphatic rings. The molecule has 0 aliphatic carbocycles. The smallest absolute Gasteiger partial charge is 0.162 e. The molecule has 6 heteroatoms. The molecule has 2 aromatic rings. The molecular weight excluding hydrogens is 232 g/mol. The molecule has 0 atom stereocenters. The number of ether oxygens (including phenoxy) is 2. The van der Waals surface area contributed by atoms with E-state index >= 15 is 0 Å². The van der Waals surface area contributed by atoms with Gasteiger partial charge in [-0.15, -0.1) is 10.2 Å². The van der Waals surface area contributed by atoms with Crippen molar-refractivity contribution < 1.29 is 9.47 Å². The molecule has 0 bridgehead atoms. The van der Waals surface area contributed by atoms with Gasteiger partial charge in [-0.2, -0.15) is 0 Å². The highest BCUT2D eigenvalue weighted by atomic mass is 16.6. The summed E-state index contributed by atoms with van der Waals surface area (Å²) in [6.45, 7) is 3.08. The van der Waals surface area contributed by atoms with E-state index in [0.29, 0.717) is 30.5 Å². The Morgan fingerprint density at radius 3 is 2.61 bits per heavy atom. The first kappa shape index (κ1) is 10.8. The Hall–Kier alpha value is -2.37. The van der Waals surface area contributed by atoms with E-state index in [1.54, 1.807) is 0 Å². The normalized spacial score (nSPS) is 13.4. The topological polar surface area (TPSA) is 83.2 Å². The standard InChI is InChI=1S/C12H12N4O2/c1-7-4-9-10(18-3-2-17-9)5-8(7)11-12(13)14-6-15-16-11/h4-6H,2-3H2,1H3,(H2,13,14,15). The summed E-state index contributed by atoms with van der Waals surface area (Å²) in [5.74, 6) is 1.80. The Balaban J connectivity index is 2.15. The summed E-state index contributed by atoms with van der Waals surface area (Å²) in [7, 11) is 0. The van der Waals surface area contributed by atoms with E-state index < -0.39 is 0 Å². The van der Waals surface area contributed by atoms with Crippen LogP contribution >= 0.6 is 0 Å². The minimum Gasteiger partial charge on any atom is -0.486 e. The van der Waals surface area contributed by atoms with Gasteiger partial charge in [0.1, 0.15) is 25.2 Å². The van der Waals surface area contributed by atoms with Crippen LogP contribution in [0.15, 0.2) is 18.5 Å². The van der Waals surface area contributed by atoms with Crippen molar-refractivity contribution in [3.8, 4) is 22.8 Å². The lowest BCUT2D eigenvalue weighted by molar-refractivity contribution is 0.171. The molecule has 0 saturated heterocycles. The van der Waals surface area contributed by atoms with Crippen molar-refractivity contribution in [2.45, 2.75) is 6.92 Å². The number of rotatable bonds is 1. The van der Waals surface area contributed by atoms with Crippen molar-refractivity contribution in [2.75, 3.05) is 18.9 Å². The summed E-state index contributed by atoms with van der Waals surface area (Å²) in [6, 6.07) is 3.78. The molecule has 0 saturated carbocycles. The fourth-order valence-corrected chi connectivity index (χ4v) is 1.92. The molecule has 0 spiro atoms. The van der Waals surface area contributed by atoms with Crippen LogP contribution < -0.4 is 15.2 Å². The Bertz CT molecular complexity index is 601. The van der Waals surface area contributed by atoms with Crippen molar-refractivity contribution >= 4 is 5.82 Å². The third-order valence-corrected chi connectivity index (χ3v) is 2.79. The van der Waals surface area contributed by atoms with E-state index in [0.717, 1.165) is 16.9 Å². The lowest BCUT2D eigenvalue weighted by Crippen LogP contribution is -2.15. The lowest BCUT2D eigenvalue weighted by atomic mass is 10.0. The van der Waals surface area contributed by atoms with Gasteiger partial charge < -0.3 is 15.2 Å². The van der Waals surface area contributed by atoms with Crippen LogP contribution in [-0.4, -0.2) is 28.4 Å². The fraction of sp³-hybridized carbons (Fsp3) is 0.250. The zero-order valence-electron chi connectivity index (χ0n) is 9.88. The molecule has 2 N–H and O–H groups in total. The van der Waals surface area contributed by atoms with Gasteiger partial charge in [0.15, 0.2) is 17.3 Å². The molecular formula is C12H12N4O2. The average Bonchev–Trinajstić information content (AvgIpc) is 2.39. The van der Waals surface area contributed by atoms with Crippen LogP contribution in [0.1, 0.15) is 5.56 Å². The van der Waals surface area contributed by atoms with Gasteiger partial charge in [-0.3, -0.25) is 0 Å². The molecule has 1 aromatic carbocycles. The van der Waals surface area contributed by atoms with Crippen LogP contribution in [0.3, 0.4) is 0 Å². The predicted molar refractivity (Wildman–Crippen MR) is 65.4 cm³/mol. The highest BCUT2D eigenvalue weighted by Crippen LogP contribution is 2.37. The number of hydrogen-bond donors (Lipinski definition) is 1. The van der Waals surface area contributed by atoms with E-state index in [4.69, 9.17) is 15.2 Å². The number of aromatic nitrogens is 3. The van der Waals surface area contributed by atoms with Crippen molar-refractivity contribution in [3.05, 3.63) is 24.0 Å². The van der Waals surface area contributed by atoms with E-state index in [9.17, 15) is 0 Å². The maximum Gasteiger partial charge on any atom is 0.162 e. The van der Waals surface area contributed by atoms with Gasteiger partial charge in [0, 0.05) is 5.56 Å². The summed E-state index contributed by atoms with van der Waals surface area (Å²) >= 11 is 0. The van der Waals surface area contributed by atoms with Gasteiger partial charge in [-0.1, -0.05) is 0 Å². The summed E-state index contributed by atoms with van der Waals surface area (Å²) in [4.78, 5) is 3.94. The van der Waals surface area contributed by atoms with E-state index in [1.165, 1.54) is 6.33 Å². The highest BCUT2D eigenvalue weighted by Gasteiger charge is 2.17. The van der Waals surface area contributed by atoms with Crippen LogP contribution in [-0.2, 0) is 0 Å². The minimum atomic E-state index is 0.352. The van der Waals surface area contributed by atoms with Gasteiger partial charge in [0.25, 0.3) is 0 Å². The van der Waals surface area contributed by atoms with Crippen molar-refractivity contribution in [3.63, 3.8) is 0 Å². The summed E-state index contributed by atoms with van der Waals surface area (Å²) < 4.78 is 11.1. The van der Waals surface area contributed by atoms with Gasteiger partial charge in [-0.05, 0) is 24.6 Å². The van der Waals surface area contributed by atoms with Crippen LogP contribution in [0.5, 0.6) is 11.5 Å². The molecule has 0 fully saturated rings. The van der Waals surface area contributed by atoms with Gasteiger partial charge in [0.05, 0.1) is 0 Å². The Morgan fingerprint density at radius 2 is 1.89 bits per heavy atom. The second-order valence-electron chi connectivity index (χ2n) is 4.00. The lowest BCUT2D eigenvalue weighted by Gasteiger charge is -2.20. The molecule has 1 aliphatic heterocycles. The van der Waals surface area contributed by atoms with Crippen LogP contribution in [0.2, 0.25) is 0 Å². The molecule has 1 aromatic heterocycles. The third kappa shape index (κ3) is 1.71. The maximum absolute atomic E-state index is 5.81. The van der Waals surface area contributed by atoms with Crippen molar-refractivity contribution in [2.24, 2.45) is 0 Å². The van der Waals surface area contributed by atoms with Crippen LogP contribution in [0.4, 0.5) is 5.82 Å². The van der Waals surface area contributed by atoms with Gasteiger partial charge >= 0.3 is 0 Å². The maximum atomic E-state index is 5.81. The zero-order valence-corrected chi connectivity index (χ0v) is 9.88. The molecule has 92 valence electrons.